The number of carboxylic acid groups (broad SMARTS) is 1. The van der Waals surface area contributed by atoms with E-state index >= 15 is 0 Å². The molecule has 0 spiro atoms. The van der Waals surface area contributed by atoms with Gasteiger partial charge in [0.2, 0.25) is 0 Å². The lowest BCUT2D eigenvalue weighted by Crippen LogP contribution is -2.39. The van der Waals surface area contributed by atoms with Crippen LogP contribution in [-0.2, 0) is 16.4 Å². The fourth-order valence-electron chi connectivity index (χ4n) is 1.98. The summed E-state index contributed by atoms with van der Waals surface area (Å²) >= 11 is 3.39. The van der Waals surface area contributed by atoms with Crippen molar-refractivity contribution in [2.45, 2.75) is 6.54 Å². The molecule has 5 nitrogen and oxygen atoms in total. The maximum atomic E-state index is 11.3. The lowest BCUT2D eigenvalue weighted by molar-refractivity contribution is 0.0696. The largest absolute Gasteiger partial charge is 0.478 e. The summed E-state index contributed by atoms with van der Waals surface area (Å²) in [4.78, 5) is 13.0. The molecule has 0 radical (unpaired) electrons. The van der Waals surface area contributed by atoms with Gasteiger partial charge in [0.15, 0.2) is 9.84 Å². The smallest absolute Gasteiger partial charge is 0.335 e. The number of aromatic carboxylic acids is 1. The third-order valence-corrected chi connectivity index (χ3v) is 5.51. The van der Waals surface area contributed by atoms with E-state index < -0.39 is 15.8 Å². The highest BCUT2D eigenvalue weighted by Crippen LogP contribution is 2.21. The molecule has 1 aromatic carbocycles. The molecule has 1 fully saturated rings. The van der Waals surface area contributed by atoms with Gasteiger partial charge in [-0.25, -0.2) is 13.2 Å². The van der Waals surface area contributed by atoms with Crippen LogP contribution in [0.15, 0.2) is 22.7 Å². The Bertz CT molecular complexity index is 586. The van der Waals surface area contributed by atoms with Gasteiger partial charge < -0.3 is 5.11 Å². The molecule has 104 valence electrons. The first-order valence-corrected chi connectivity index (χ1v) is 8.43. The average Bonchev–Trinajstić information content (AvgIpc) is 2.34. The second kappa shape index (κ2) is 5.60. The molecular weight excluding hydrogens is 334 g/mol. The van der Waals surface area contributed by atoms with Crippen molar-refractivity contribution in [2.75, 3.05) is 24.6 Å². The number of hydrogen-bond donors (Lipinski definition) is 1. The van der Waals surface area contributed by atoms with Crippen molar-refractivity contribution in [1.29, 1.82) is 0 Å². The molecule has 0 saturated carbocycles. The average molecular weight is 348 g/mol. The Morgan fingerprint density at radius 2 is 1.95 bits per heavy atom. The lowest BCUT2D eigenvalue weighted by Gasteiger charge is -2.26. The standard InChI is InChI=1S/C12H14BrNO4S/c13-11-2-1-9(12(15)16)7-10(11)8-14-3-5-19(17,18)6-4-14/h1-2,7H,3-6,8H2,(H,15,16). The van der Waals surface area contributed by atoms with Gasteiger partial charge in [0.1, 0.15) is 0 Å². The summed E-state index contributed by atoms with van der Waals surface area (Å²) in [5.74, 6) is -0.623. The van der Waals surface area contributed by atoms with Crippen LogP contribution in [0.2, 0.25) is 0 Å². The quantitative estimate of drug-likeness (QED) is 0.893. The van der Waals surface area contributed by atoms with E-state index in [2.05, 4.69) is 15.9 Å². The van der Waals surface area contributed by atoms with Crippen molar-refractivity contribution >= 4 is 31.7 Å². The Morgan fingerprint density at radius 1 is 1.32 bits per heavy atom. The Morgan fingerprint density at radius 3 is 2.53 bits per heavy atom. The monoisotopic (exact) mass is 347 g/mol. The summed E-state index contributed by atoms with van der Waals surface area (Å²) in [5.41, 5.74) is 1.10. The highest BCUT2D eigenvalue weighted by molar-refractivity contribution is 9.10. The maximum Gasteiger partial charge on any atom is 0.335 e. The first-order valence-electron chi connectivity index (χ1n) is 5.82. The summed E-state index contributed by atoms with van der Waals surface area (Å²) in [6.07, 6.45) is 0. The highest BCUT2D eigenvalue weighted by Gasteiger charge is 2.22. The van der Waals surface area contributed by atoms with E-state index in [4.69, 9.17) is 5.11 Å². The number of benzene rings is 1. The predicted octanol–water partition coefficient (Wildman–Crippen LogP) is 1.38. The molecule has 1 heterocycles. The van der Waals surface area contributed by atoms with Crippen molar-refractivity contribution < 1.29 is 18.3 Å². The van der Waals surface area contributed by atoms with Gasteiger partial charge in [-0.2, -0.15) is 0 Å². The molecule has 1 aromatic rings. The van der Waals surface area contributed by atoms with Gasteiger partial charge >= 0.3 is 5.97 Å². The Hall–Kier alpha value is -0.920. The summed E-state index contributed by atoms with van der Waals surface area (Å²) in [6.45, 7) is 1.54. The highest BCUT2D eigenvalue weighted by atomic mass is 79.9. The third-order valence-electron chi connectivity index (χ3n) is 3.12. The SMILES string of the molecule is O=C(O)c1ccc(Br)c(CN2CCS(=O)(=O)CC2)c1. The van der Waals surface area contributed by atoms with Gasteiger partial charge in [-0.05, 0) is 23.8 Å². The normalized spacial score (nSPS) is 19.2. The molecule has 1 N–H and O–H groups in total. The van der Waals surface area contributed by atoms with Gasteiger partial charge in [-0.3, -0.25) is 4.90 Å². The molecule has 0 aromatic heterocycles. The van der Waals surface area contributed by atoms with Crippen molar-refractivity contribution in [1.82, 2.24) is 4.90 Å². The van der Waals surface area contributed by atoms with Crippen LogP contribution < -0.4 is 0 Å². The van der Waals surface area contributed by atoms with E-state index in [0.717, 1.165) is 10.0 Å². The summed E-state index contributed by atoms with van der Waals surface area (Å²) in [6, 6.07) is 4.87. The molecule has 1 saturated heterocycles. The van der Waals surface area contributed by atoms with E-state index in [1.54, 1.807) is 12.1 Å². The molecule has 0 bridgehead atoms. The molecule has 0 aliphatic carbocycles. The van der Waals surface area contributed by atoms with Gasteiger partial charge in [0.05, 0.1) is 17.1 Å². The minimum atomic E-state index is -2.89. The van der Waals surface area contributed by atoms with Crippen LogP contribution in [0.3, 0.4) is 0 Å². The number of nitrogens with zero attached hydrogens (tertiary/aromatic N) is 1. The zero-order valence-electron chi connectivity index (χ0n) is 10.2. The minimum Gasteiger partial charge on any atom is -0.478 e. The number of halogens is 1. The molecule has 0 unspecified atom stereocenters. The second-order valence-corrected chi connectivity index (χ2v) is 7.70. The number of carbonyl (C=O) groups is 1. The number of rotatable bonds is 3. The molecule has 1 aliphatic heterocycles. The van der Waals surface area contributed by atoms with Crippen LogP contribution >= 0.6 is 15.9 Å². The predicted molar refractivity (Wildman–Crippen MR) is 75.0 cm³/mol. The van der Waals surface area contributed by atoms with Crippen molar-refractivity contribution in [3.05, 3.63) is 33.8 Å². The summed E-state index contributed by atoms with van der Waals surface area (Å²) in [7, 11) is -2.89. The molecule has 2 rings (SSSR count). The van der Waals surface area contributed by atoms with Crippen LogP contribution in [0.1, 0.15) is 15.9 Å². The van der Waals surface area contributed by atoms with E-state index in [9.17, 15) is 13.2 Å². The maximum absolute atomic E-state index is 11.3. The van der Waals surface area contributed by atoms with E-state index in [-0.39, 0.29) is 17.1 Å². The lowest BCUT2D eigenvalue weighted by atomic mass is 10.1. The molecule has 0 atom stereocenters. The number of sulfone groups is 1. The zero-order valence-corrected chi connectivity index (χ0v) is 12.6. The van der Waals surface area contributed by atoms with E-state index in [1.165, 1.54) is 6.07 Å². The molecule has 7 heteroatoms. The molecule has 1 aliphatic rings. The van der Waals surface area contributed by atoms with Crippen LogP contribution in [0, 0.1) is 0 Å². The van der Waals surface area contributed by atoms with Crippen molar-refractivity contribution in [3.63, 3.8) is 0 Å². The number of hydrogen-bond acceptors (Lipinski definition) is 4. The number of carboxylic acids is 1. The van der Waals surface area contributed by atoms with E-state index in [0.29, 0.717) is 19.6 Å². The Balaban J connectivity index is 2.11. The molecule has 0 amide bonds. The van der Waals surface area contributed by atoms with Gasteiger partial charge in [-0.1, -0.05) is 15.9 Å². The third kappa shape index (κ3) is 3.77. The van der Waals surface area contributed by atoms with E-state index in [1.807, 2.05) is 4.90 Å². The van der Waals surface area contributed by atoms with Crippen molar-refractivity contribution in [2.24, 2.45) is 0 Å². The topological polar surface area (TPSA) is 74.7 Å². The fourth-order valence-corrected chi connectivity index (χ4v) is 3.63. The van der Waals surface area contributed by atoms with Crippen LogP contribution in [0.4, 0.5) is 0 Å². The Labute approximate surface area is 120 Å². The van der Waals surface area contributed by atoms with Crippen LogP contribution in [-0.4, -0.2) is 49.0 Å². The van der Waals surface area contributed by atoms with Gasteiger partial charge in [0, 0.05) is 24.1 Å². The second-order valence-electron chi connectivity index (χ2n) is 4.54. The molecule has 19 heavy (non-hydrogen) atoms. The van der Waals surface area contributed by atoms with Gasteiger partial charge in [0.25, 0.3) is 0 Å². The van der Waals surface area contributed by atoms with Crippen LogP contribution in [0.5, 0.6) is 0 Å². The van der Waals surface area contributed by atoms with Crippen molar-refractivity contribution in [3.8, 4) is 0 Å². The first-order chi connectivity index (χ1) is 8.87. The Kier molecular flexibility index (Phi) is 4.27. The van der Waals surface area contributed by atoms with Crippen LogP contribution in [0.25, 0.3) is 0 Å². The summed E-state index contributed by atoms with van der Waals surface area (Å²) < 4.78 is 23.5. The fraction of sp³-hybridized carbons (Fsp3) is 0.417. The summed E-state index contributed by atoms with van der Waals surface area (Å²) in [5, 5.41) is 8.97. The minimum absolute atomic E-state index is 0.170. The van der Waals surface area contributed by atoms with Gasteiger partial charge in [-0.15, -0.1) is 0 Å². The first kappa shape index (κ1) is 14.5. The molecular formula is C12H14BrNO4S. The zero-order chi connectivity index (χ0) is 14.0.